The number of aliphatic carboxylic acids is 1. The third-order valence-electron chi connectivity index (χ3n) is 6.60. The van der Waals surface area contributed by atoms with Crippen LogP contribution in [0.4, 0.5) is 10.5 Å². The van der Waals surface area contributed by atoms with Crippen LogP contribution < -0.4 is 10.2 Å². The summed E-state index contributed by atoms with van der Waals surface area (Å²) in [6, 6.07) is 1.15. The van der Waals surface area contributed by atoms with Crippen LogP contribution in [0.5, 0.6) is 0 Å². The lowest BCUT2D eigenvalue weighted by molar-refractivity contribution is -0.159. The molecule has 15 heteroatoms. The van der Waals surface area contributed by atoms with Gasteiger partial charge >= 0.3 is 11.9 Å². The first-order valence-corrected chi connectivity index (χ1v) is 13.5. The average molecular weight is 565 g/mol. The van der Waals surface area contributed by atoms with Crippen molar-refractivity contribution in [2.24, 2.45) is 0 Å². The summed E-state index contributed by atoms with van der Waals surface area (Å²) < 4.78 is 4.67. The highest BCUT2D eigenvalue weighted by molar-refractivity contribution is 8.12. The number of nitrogens with zero attached hydrogens (tertiary/aromatic N) is 5. The van der Waals surface area contributed by atoms with Gasteiger partial charge in [0.1, 0.15) is 18.6 Å². The van der Waals surface area contributed by atoms with Crippen molar-refractivity contribution in [2.75, 3.05) is 64.1 Å². The van der Waals surface area contributed by atoms with Crippen LogP contribution in [0.2, 0.25) is 0 Å². The van der Waals surface area contributed by atoms with Crippen molar-refractivity contribution in [2.45, 2.75) is 24.9 Å². The van der Waals surface area contributed by atoms with Gasteiger partial charge in [-0.15, -0.1) is 0 Å². The molecule has 0 aromatic carbocycles. The Balaban J connectivity index is 1.73. The van der Waals surface area contributed by atoms with E-state index in [0.717, 1.165) is 34.4 Å². The van der Waals surface area contributed by atoms with Gasteiger partial charge in [-0.3, -0.25) is 33.8 Å². The second kappa shape index (κ2) is 13.8. The Morgan fingerprint density at radius 1 is 1.10 bits per heavy atom. The Kier molecular flexibility index (Phi) is 10.5. The molecule has 0 spiro atoms. The zero-order valence-corrected chi connectivity index (χ0v) is 22.6. The molecule has 2 N–H and O–H groups in total. The maximum Gasteiger partial charge on any atom is 0.323 e. The molecule has 2 aliphatic rings. The summed E-state index contributed by atoms with van der Waals surface area (Å²) in [5, 5.41) is 11.1. The maximum absolute atomic E-state index is 13.6. The zero-order chi connectivity index (χ0) is 28.5. The molecule has 1 aromatic heterocycles. The fourth-order valence-electron chi connectivity index (χ4n) is 4.54. The number of pyridine rings is 1. The van der Waals surface area contributed by atoms with Gasteiger partial charge in [0.15, 0.2) is 0 Å². The molecular weight excluding hydrogens is 532 g/mol. The number of piperazine rings is 2. The molecule has 39 heavy (non-hydrogen) atoms. The van der Waals surface area contributed by atoms with Crippen molar-refractivity contribution in [3.8, 4) is 0 Å². The number of esters is 1. The molecule has 4 amide bonds. The Morgan fingerprint density at radius 3 is 2.36 bits per heavy atom. The van der Waals surface area contributed by atoms with Gasteiger partial charge in [0.2, 0.25) is 17.7 Å². The predicted octanol–water partition coefficient (Wildman–Crippen LogP) is -0.751. The lowest BCUT2D eigenvalue weighted by Gasteiger charge is -2.41. The minimum Gasteiger partial charge on any atom is -0.480 e. The molecule has 1 aromatic rings. The molecule has 212 valence electrons. The highest BCUT2D eigenvalue weighted by atomic mass is 32.2. The van der Waals surface area contributed by atoms with E-state index in [9.17, 15) is 28.8 Å². The first-order valence-electron chi connectivity index (χ1n) is 12.3. The lowest BCUT2D eigenvalue weighted by Crippen LogP contribution is -2.63. The lowest BCUT2D eigenvalue weighted by atomic mass is 10.0. The number of aromatic nitrogens is 1. The van der Waals surface area contributed by atoms with Crippen LogP contribution in [0.15, 0.2) is 24.5 Å². The minimum atomic E-state index is -1.33. The van der Waals surface area contributed by atoms with E-state index in [1.54, 1.807) is 17.3 Å². The van der Waals surface area contributed by atoms with E-state index in [0.29, 0.717) is 26.2 Å². The second-order valence-corrected chi connectivity index (χ2v) is 9.73. The molecule has 2 saturated heterocycles. The summed E-state index contributed by atoms with van der Waals surface area (Å²) in [6.07, 6.45) is 4.07. The second-order valence-electron chi connectivity index (χ2n) is 8.95. The number of nitrogens with one attached hydrogen (secondary N) is 1. The number of amides is 4. The number of ether oxygens (including phenoxy) is 1. The highest BCUT2D eigenvalue weighted by Gasteiger charge is 2.42. The number of carboxylic acids is 1. The average Bonchev–Trinajstić information content (AvgIpc) is 2.94. The van der Waals surface area contributed by atoms with Crippen molar-refractivity contribution >= 4 is 52.3 Å². The summed E-state index contributed by atoms with van der Waals surface area (Å²) >= 11 is 0.829. The molecule has 0 radical (unpaired) electrons. The molecule has 0 saturated carbocycles. The monoisotopic (exact) mass is 564 g/mol. The fraction of sp³-hybridized carbons (Fsp3) is 0.542. The maximum atomic E-state index is 13.6. The van der Waals surface area contributed by atoms with Gasteiger partial charge in [-0.25, -0.2) is 0 Å². The minimum absolute atomic E-state index is 0.0794. The SMILES string of the molecule is COC(=O)CC1C(=O)N(CC(=O)O)CCN1C(=O)C(CC(=O)N1CCN(c2ccncc2)CC1)NC(=O)SC. The largest absolute Gasteiger partial charge is 0.480 e. The summed E-state index contributed by atoms with van der Waals surface area (Å²) in [7, 11) is 1.13. The van der Waals surface area contributed by atoms with E-state index in [-0.39, 0.29) is 25.4 Å². The van der Waals surface area contributed by atoms with E-state index < -0.39 is 54.0 Å². The van der Waals surface area contributed by atoms with Gasteiger partial charge in [-0.1, -0.05) is 11.8 Å². The predicted molar refractivity (Wildman–Crippen MR) is 140 cm³/mol. The Morgan fingerprint density at radius 2 is 1.77 bits per heavy atom. The molecule has 0 aliphatic carbocycles. The van der Waals surface area contributed by atoms with E-state index in [2.05, 4.69) is 19.9 Å². The number of carbonyl (C=O) groups is 6. The van der Waals surface area contributed by atoms with Crippen LogP contribution in [0, 0.1) is 0 Å². The fourth-order valence-corrected chi connectivity index (χ4v) is 4.80. The first-order chi connectivity index (χ1) is 18.6. The summed E-state index contributed by atoms with van der Waals surface area (Å²) in [6.45, 7) is 1.23. The van der Waals surface area contributed by atoms with E-state index in [1.807, 2.05) is 12.1 Å². The van der Waals surface area contributed by atoms with Crippen molar-refractivity contribution in [3.05, 3.63) is 24.5 Å². The molecule has 2 fully saturated rings. The quantitative estimate of drug-likeness (QED) is 0.362. The van der Waals surface area contributed by atoms with Crippen LogP contribution in [0.25, 0.3) is 0 Å². The van der Waals surface area contributed by atoms with Crippen LogP contribution in [0.1, 0.15) is 12.8 Å². The molecule has 3 heterocycles. The number of carboxylic acid groups (broad SMARTS) is 1. The highest BCUT2D eigenvalue weighted by Crippen LogP contribution is 2.20. The number of rotatable bonds is 9. The van der Waals surface area contributed by atoms with Crippen LogP contribution in [-0.4, -0.2) is 131 Å². The zero-order valence-electron chi connectivity index (χ0n) is 21.8. The number of methoxy groups -OCH3 is 1. The van der Waals surface area contributed by atoms with E-state index in [1.165, 1.54) is 6.26 Å². The summed E-state index contributed by atoms with van der Waals surface area (Å²) in [5.41, 5.74) is 0.987. The number of hydrogen-bond acceptors (Lipinski definition) is 10. The number of hydrogen-bond donors (Lipinski definition) is 2. The van der Waals surface area contributed by atoms with Gasteiger partial charge in [0.25, 0.3) is 5.24 Å². The van der Waals surface area contributed by atoms with Gasteiger partial charge in [-0.2, -0.15) is 0 Å². The van der Waals surface area contributed by atoms with Crippen LogP contribution in [-0.2, 0) is 28.7 Å². The topological polar surface area (TPSA) is 170 Å². The Bertz CT molecular complexity index is 1080. The van der Waals surface area contributed by atoms with Crippen LogP contribution in [0.3, 0.4) is 0 Å². The number of carbonyl (C=O) groups excluding carboxylic acids is 5. The Labute approximate surface area is 229 Å². The molecule has 2 aliphatic heterocycles. The van der Waals surface area contributed by atoms with E-state index >= 15 is 0 Å². The van der Waals surface area contributed by atoms with Crippen molar-refractivity contribution in [1.82, 2.24) is 25.0 Å². The summed E-state index contributed by atoms with van der Waals surface area (Å²) in [4.78, 5) is 85.2. The smallest absolute Gasteiger partial charge is 0.323 e. The van der Waals surface area contributed by atoms with Gasteiger partial charge in [0.05, 0.1) is 20.0 Å². The normalized spacial score (nSPS) is 18.4. The number of anilines is 1. The van der Waals surface area contributed by atoms with Gasteiger partial charge in [-0.05, 0) is 18.4 Å². The number of thioether (sulfide) groups is 1. The summed E-state index contributed by atoms with van der Waals surface area (Å²) in [5.74, 6) is -3.78. The van der Waals surface area contributed by atoms with Gasteiger partial charge in [0, 0.05) is 57.3 Å². The molecule has 0 bridgehead atoms. The van der Waals surface area contributed by atoms with Crippen molar-refractivity contribution in [1.29, 1.82) is 0 Å². The molecule has 2 atom stereocenters. The van der Waals surface area contributed by atoms with Crippen molar-refractivity contribution < 1.29 is 38.6 Å². The standard InChI is InChI=1S/C24H32N6O8S/c1-38-21(34)14-18-23(36)29(15-20(32)33)11-12-30(18)22(35)17(26-24(37)39-2)13-19(31)28-9-7-27(8-10-28)16-3-5-25-6-4-16/h3-6,17-18H,7-15H2,1-2H3,(H,26,37)(H,32,33). The van der Waals surface area contributed by atoms with Crippen molar-refractivity contribution in [3.63, 3.8) is 0 Å². The molecule has 14 nitrogen and oxygen atoms in total. The van der Waals surface area contributed by atoms with E-state index in [4.69, 9.17) is 5.11 Å². The molecule has 2 unspecified atom stereocenters. The third kappa shape index (κ3) is 7.81. The van der Waals surface area contributed by atoms with Gasteiger partial charge < -0.3 is 34.8 Å². The molecule has 3 rings (SSSR count). The Hall–Kier alpha value is -3.88. The third-order valence-corrected chi connectivity index (χ3v) is 7.08. The first kappa shape index (κ1) is 29.7. The van der Waals surface area contributed by atoms with Crippen LogP contribution >= 0.6 is 11.8 Å². The molecular formula is C24H32N6O8S.